The fourth-order valence-corrected chi connectivity index (χ4v) is 4.82. The predicted molar refractivity (Wildman–Crippen MR) is 118 cm³/mol. The first-order valence-electron chi connectivity index (χ1n) is 10.4. The van der Waals surface area contributed by atoms with Gasteiger partial charge in [-0.1, -0.05) is 12.1 Å². The molecule has 0 radical (unpaired) electrons. The lowest BCUT2D eigenvalue weighted by Gasteiger charge is -2.26. The number of aliphatic imine (C=N–C) groups is 1. The summed E-state index contributed by atoms with van der Waals surface area (Å²) in [6, 6.07) is 8.21. The second-order valence-electron chi connectivity index (χ2n) is 7.33. The van der Waals surface area contributed by atoms with Crippen molar-refractivity contribution in [3.05, 3.63) is 30.1 Å². The molecule has 3 rings (SSSR count). The lowest BCUT2D eigenvalue weighted by molar-refractivity contribution is 0.299. The summed E-state index contributed by atoms with van der Waals surface area (Å²) < 4.78 is 25.3. The van der Waals surface area contributed by atoms with Crippen LogP contribution in [0.3, 0.4) is 0 Å². The standard InChI is InChI=1S/C20H32N6O2S/c1-3-21-20(23-10-12-25-13-15-29(27,28)16-14-25)22-9-6-11-26-17(2)24-18-7-4-5-8-19(18)26/h4-5,7-8H,3,6,9-16H2,1-2H3,(H2,21,22,23). The van der Waals surface area contributed by atoms with Crippen molar-refractivity contribution in [3.63, 3.8) is 0 Å². The van der Waals surface area contributed by atoms with Gasteiger partial charge in [0.25, 0.3) is 0 Å². The first-order chi connectivity index (χ1) is 14.0. The number of aryl methyl sites for hydroxylation is 2. The lowest BCUT2D eigenvalue weighted by Crippen LogP contribution is -2.46. The van der Waals surface area contributed by atoms with Gasteiger partial charge >= 0.3 is 0 Å². The smallest absolute Gasteiger partial charge is 0.191 e. The number of benzene rings is 1. The van der Waals surface area contributed by atoms with E-state index in [1.54, 1.807) is 0 Å². The number of nitrogens with zero attached hydrogens (tertiary/aromatic N) is 4. The number of aromatic nitrogens is 2. The van der Waals surface area contributed by atoms with Crippen LogP contribution in [0.2, 0.25) is 0 Å². The molecule has 0 saturated carbocycles. The highest BCUT2D eigenvalue weighted by molar-refractivity contribution is 7.91. The molecule has 0 spiro atoms. The maximum Gasteiger partial charge on any atom is 0.191 e. The molecule has 1 aromatic heterocycles. The summed E-state index contributed by atoms with van der Waals surface area (Å²) in [5, 5.41) is 6.63. The van der Waals surface area contributed by atoms with E-state index in [1.165, 1.54) is 5.52 Å². The minimum absolute atomic E-state index is 0.267. The Balaban J connectivity index is 1.44. The molecule has 1 aliphatic heterocycles. The molecule has 2 heterocycles. The van der Waals surface area contributed by atoms with E-state index in [0.29, 0.717) is 13.1 Å². The second kappa shape index (κ2) is 10.1. The molecule has 0 unspecified atom stereocenters. The molecule has 0 bridgehead atoms. The highest BCUT2D eigenvalue weighted by atomic mass is 32.2. The predicted octanol–water partition coefficient (Wildman–Crippen LogP) is 1.02. The van der Waals surface area contributed by atoms with Gasteiger partial charge in [0.1, 0.15) is 5.82 Å². The Hall–Kier alpha value is -2.13. The molecular formula is C20H32N6O2S. The minimum atomic E-state index is -2.82. The zero-order valence-corrected chi connectivity index (χ0v) is 18.2. The monoisotopic (exact) mass is 420 g/mol. The molecule has 0 aliphatic carbocycles. The number of nitrogens with one attached hydrogen (secondary N) is 2. The van der Waals surface area contributed by atoms with Crippen LogP contribution in [0, 0.1) is 6.92 Å². The van der Waals surface area contributed by atoms with Crippen molar-refractivity contribution >= 4 is 26.8 Å². The van der Waals surface area contributed by atoms with Gasteiger partial charge in [0, 0.05) is 45.8 Å². The van der Waals surface area contributed by atoms with E-state index < -0.39 is 9.84 Å². The van der Waals surface area contributed by atoms with Gasteiger partial charge in [-0.05, 0) is 32.4 Å². The van der Waals surface area contributed by atoms with Crippen molar-refractivity contribution in [3.8, 4) is 0 Å². The Bertz CT molecular complexity index is 924. The van der Waals surface area contributed by atoms with Crippen molar-refractivity contribution in [2.45, 2.75) is 26.8 Å². The fourth-order valence-electron chi connectivity index (χ4n) is 3.55. The average Bonchev–Trinajstić information content (AvgIpc) is 3.01. The van der Waals surface area contributed by atoms with Gasteiger partial charge in [-0.25, -0.2) is 13.4 Å². The van der Waals surface area contributed by atoms with E-state index in [-0.39, 0.29) is 11.5 Å². The van der Waals surface area contributed by atoms with Crippen LogP contribution in [-0.4, -0.2) is 79.6 Å². The molecule has 1 aromatic carbocycles. The van der Waals surface area contributed by atoms with Crippen LogP contribution in [0.15, 0.2) is 29.3 Å². The summed E-state index contributed by atoms with van der Waals surface area (Å²) in [4.78, 5) is 11.5. The molecule has 29 heavy (non-hydrogen) atoms. The molecule has 0 atom stereocenters. The maximum absolute atomic E-state index is 11.5. The summed E-state index contributed by atoms with van der Waals surface area (Å²) >= 11 is 0. The van der Waals surface area contributed by atoms with E-state index in [4.69, 9.17) is 0 Å². The highest BCUT2D eigenvalue weighted by Crippen LogP contribution is 2.15. The Morgan fingerprint density at radius 1 is 1.17 bits per heavy atom. The molecule has 1 aliphatic rings. The number of para-hydroxylation sites is 2. The first kappa shape index (κ1) is 21.6. The SMILES string of the molecule is CCNC(=NCCCn1c(C)nc2ccccc21)NCCN1CCS(=O)(=O)CC1. The summed E-state index contributed by atoms with van der Waals surface area (Å²) in [6.07, 6.45) is 0.932. The number of hydrogen-bond donors (Lipinski definition) is 2. The minimum Gasteiger partial charge on any atom is -0.357 e. The van der Waals surface area contributed by atoms with E-state index in [0.717, 1.165) is 56.4 Å². The third-order valence-electron chi connectivity index (χ3n) is 5.16. The van der Waals surface area contributed by atoms with Crippen LogP contribution in [0.1, 0.15) is 19.2 Å². The number of fused-ring (bicyclic) bond motifs is 1. The van der Waals surface area contributed by atoms with Crippen LogP contribution < -0.4 is 10.6 Å². The number of rotatable bonds is 8. The van der Waals surface area contributed by atoms with Crippen molar-refractivity contribution in [1.82, 2.24) is 25.1 Å². The van der Waals surface area contributed by atoms with Gasteiger partial charge < -0.3 is 15.2 Å². The van der Waals surface area contributed by atoms with Gasteiger partial charge in [0.2, 0.25) is 0 Å². The summed E-state index contributed by atoms with van der Waals surface area (Å²) in [7, 11) is -2.82. The Kier molecular flexibility index (Phi) is 7.49. The molecule has 1 fully saturated rings. The van der Waals surface area contributed by atoms with Crippen molar-refractivity contribution in [2.24, 2.45) is 4.99 Å². The summed E-state index contributed by atoms with van der Waals surface area (Å²) in [5.41, 5.74) is 2.21. The van der Waals surface area contributed by atoms with Gasteiger partial charge in [-0.15, -0.1) is 0 Å². The van der Waals surface area contributed by atoms with Crippen molar-refractivity contribution in [1.29, 1.82) is 0 Å². The molecule has 2 aromatic rings. The van der Waals surface area contributed by atoms with E-state index in [2.05, 4.69) is 36.1 Å². The van der Waals surface area contributed by atoms with Crippen LogP contribution in [0.5, 0.6) is 0 Å². The third-order valence-corrected chi connectivity index (χ3v) is 6.77. The molecule has 8 nitrogen and oxygen atoms in total. The lowest BCUT2D eigenvalue weighted by atomic mass is 10.3. The number of sulfone groups is 1. The average molecular weight is 421 g/mol. The second-order valence-corrected chi connectivity index (χ2v) is 9.64. The van der Waals surface area contributed by atoms with Crippen molar-refractivity contribution in [2.75, 3.05) is 50.8 Å². The molecule has 1 saturated heterocycles. The number of hydrogen-bond acceptors (Lipinski definition) is 5. The van der Waals surface area contributed by atoms with Gasteiger partial charge in [0.15, 0.2) is 15.8 Å². The molecular weight excluding hydrogens is 388 g/mol. The first-order valence-corrected chi connectivity index (χ1v) is 12.2. The largest absolute Gasteiger partial charge is 0.357 e. The Morgan fingerprint density at radius 3 is 2.69 bits per heavy atom. The van der Waals surface area contributed by atoms with Crippen LogP contribution in [-0.2, 0) is 16.4 Å². The van der Waals surface area contributed by atoms with Crippen LogP contribution in [0.4, 0.5) is 0 Å². The van der Waals surface area contributed by atoms with Crippen molar-refractivity contribution < 1.29 is 8.42 Å². The molecule has 2 N–H and O–H groups in total. The quantitative estimate of drug-likeness (QED) is 0.376. The molecule has 160 valence electrons. The Morgan fingerprint density at radius 2 is 1.93 bits per heavy atom. The zero-order valence-electron chi connectivity index (χ0n) is 17.4. The molecule has 0 amide bonds. The Labute approximate surface area is 173 Å². The van der Waals surface area contributed by atoms with Crippen LogP contribution >= 0.6 is 0 Å². The van der Waals surface area contributed by atoms with E-state index in [1.807, 2.05) is 32.0 Å². The van der Waals surface area contributed by atoms with Gasteiger partial charge in [-0.3, -0.25) is 9.89 Å². The van der Waals surface area contributed by atoms with Crippen LogP contribution in [0.25, 0.3) is 11.0 Å². The van der Waals surface area contributed by atoms with E-state index >= 15 is 0 Å². The molecule has 9 heteroatoms. The number of guanidine groups is 1. The van der Waals surface area contributed by atoms with E-state index in [9.17, 15) is 8.42 Å². The van der Waals surface area contributed by atoms with Gasteiger partial charge in [-0.2, -0.15) is 0 Å². The topological polar surface area (TPSA) is 91.6 Å². The van der Waals surface area contributed by atoms with Gasteiger partial charge in [0.05, 0.1) is 22.5 Å². The summed E-state index contributed by atoms with van der Waals surface area (Å²) in [5.74, 6) is 2.38. The summed E-state index contributed by atoms with van der Waals surface area (Å²) in [6.45, 7) is 9.32. The maximum atomic E-state index is 11.5. The zero-order chi connectivity index (χ0) is 20.7. The third kappa shape index (κ3) is 6.17. The normalized spacial score (nSPS) is 17.5. The number of imidazole rings is 1. The fraction of sp³-hybridized carbons (Fsp3) is 0.600. The highest BCUT2D eigenvalue weighted by Gasteiger charge is 2.20.